The molecule has 3 aromatic heterocycles. The maximum absolute atomic E-state index is 12.9. The Labute approximate surface area is 183 Å². The zero-order valence-corrected chi connectivity index (χ0v) is 17.8. The second kappa shape index (κ2) is 7.47. The van der Waals surface area contributed by atoms with Gasteiger partial charge in [0.15, 0.2) is 0 Å². The van der Waals surface area contributed by atoms with Crippen LogP contribution >= 0.6 is 0 Å². The van der Waals surface area contributed by atoms with Crippen LogP contribution in [0.4, 0.5) is 14.6 Å². The summed E-state index contributed by atoms with van der Waals surface area (Å²) in [5, 5.41) is 2.52. The van der Waals surface area contributed by atoms with E-state index in [9.17, 15) is 13.6 Å². The van der Waals surface area contributed by atoms with Gasteiger partial charge in [0.2, 0.25) is 5.65 Å². The molecule has 0 spiro atoms. The first kappa shape index (κ1) is 20.7. The van der Waals surface area contributed by atoms with E-state index in [-0.39, 0.29) is 28.4 Å². The van der Waals surface area contributed by atoms with Gasteiger partial charge in [-0.25, -0.2) is 23.7 Å². The predicted octanol–water partition coefficient (Wildman–Crippen LogP) is 3.92. The summed E-state index contributed by atoms with van der Waals surface area (Å²) in [7, 11) is 0. The predicted molar refractivity (Wildman–Crippen MR) is 111 cm³/mol. The van der Waals surface area contributed by atoms with Crippen molar-refractivity contribution in [2.45, 2.75) is 50.6 Å². The van der Waals surface area contributed by atoms with Gasteiger partial charge in [-0.15, -0.1) is 0 Å². The van der Waals surface area contributed by atoms with Gasteiger partial charge in [0.1, 0.15) is 17.2 Å². The third-order valence-electron chi connectivity index (χ3n) is 6.24. The van der Waals surface area contributed by atoms with Crippen molar-refractivity contribution in [1.82, 2.24) is 19.4 Å². The number of alkyl halides is 2. The number of ether oxygens (including phenoxy) is 2. The fourth-order valence-corrected chi connectivity index (χ4v) is 4.64. The molecule has 3 aromatic rings. The molecule has 2 aliphatic rings. The van der Waals surface area contributed by atoms with Gasteiger partial charge in [-0.05, 0) is 45.2 Å². The summed E-state index contributed by atoms with van der Waals surface area (Å²) < 4.78 is 39.2. The van der Waals surface area contributed by atoms with E-state index in [4.69, 9.17) is 14.5 Å². The van der Waals surface area contributed by atoms with E-state index in [0.717, 1.165) is 25.0 Å². The Bertz CT molecular complexity index is 1190. The fourth-order valence-electron chi connectivity index (χ4n) is 4.64. The molecule has 168 valence electrons. The van der Waals surface area contributed by atoms with Gasteiger partial charge in [0, 0.05) is 17.8 Å². The summed E-state index contributed by atoms with van der Waals surface area (Å²) in [6.45, 7) is 4.91. The monoisotopic (exact) mass is 443 g/mol. The maximum Gasteiger partial charge on any atom is 0.280 e. The highest BCUT2D eigenvalue weighted by molar-refractivity contribution is 6.02. The van der Waals surface area contributed by atoms with Gasteiger partial charge >= 0.3 is 0 Å². The highest BCUT2D eigenvalue weighted by Gasteiger charge is 2.55. The van der Waals surface area contributed by atoms with E-state index in [1.807, 2.05) is 13.1 Å². The summed E-state index contributed by atoms with van der Waals surface area (Å²) in [6.07, 6.45) is 3.60. The fraction of sp³-hybridized carbons (Fsp3) is 0.455. The van der Waals surface area contributed by atoms with Crippen molar-refractivity contribution in [3.8, 4) is 5.88 Å². The number of imidazole rings is 1. The molecule has 1 saturated heterocycles. The Morgan fingerprint density at radius 2 is 2.12 bits per heavy atom. The lowest BCUT2D eigenvalue weighted by molar-refractivity contribution is -0.00627. The zero-order valence-electron chi connectivity index (χ0n) is 17.8. The number of fused-ring (bicyclic) bond motifs is 3. The van der Waals surface area contributed by atoms with E-state index >= 15 is 0 Å². The molecule has 10 heteroatoms. The Morgan fingerprint density at radius 1 is 1.28 bits per heavy atom. The third kappa shape index (κ3) is 3.48. The number of hydrogen-bond acceptors (Lipinski definition) is 6. The first-order valence-electron chi connectivity index (χ1n) is 10.5. The molecule has 0 unspecified atom stereocenters. The molecule has 0 radical (unpaired) electrons. The summed E-state index contributed by atoms with van der Waals surface area (Å²) in [5.41, 5.74) is 0.803. The third-order valence-corrected chi connectivity index (χ3v) is 6.24. The maximum atomic E-state index is 12.9. The summed E-state index contributed by atoms with van der Waals surface area (Å²) >= 11 is 0. The van der Waals surface area contributed by atoms with Crippen LogP contribution in [-0.2, 0) is 10.2 Å². The number of aromatic nitrogens is 4. The average Bonchev–Trinajstić information content (AvgIpc) is 3.45. The lowest BCUT2D eigenvalue weighted by Gasteiger charge is -2.24. The molecule has 4 heterocycles. The molecule has 2 fully saturated rings. The first-order valence-corrected chi connectivity index (χ1v) is 10.5. The molecule has 1 saturated carbocycles. The molecule has 2 atom stereocenters. The Kier molecular flexibility index (Phi) is 4.85. The number of halogens is 2. The van der Waals surface area contributed by atoms with Crippen molar-refractivity contribution >= 4 is 17.4 Å². The number of amides is 1. The van der Waals surface area contributed by atoms with Crippen molar-refractivity contribution in [3.63, 3.8) is 0 Å². The Hall–Kier alpha value is -3.14. The van der Waals surface area contributed by atoms with Gasteiger partial charge < -0.3 is 14.8 Å². The molecule has 2 bridgehead atoms. The summed E-state index contributed by atoms with van der Waals surface area (Å²) in [6, 6.07) is 4.05. The molecule has 1 N–H and O–H groups in total. The Balaban J connectivity index is 1.49. The quantitative estimate of drug-likeness (QED) is 0.621. The van der Waals surface area contributed by atoms with Crippen LogP contribution in [-0.4, -0.2) is 44.1 Å². The van der Waals surface area contributed by atoms with Crippen LogP contribution in [0.2, 0.25) is 0 Å². The number of nitrogens with one attached hydrogen (secondary N) is 1. The minimum atomic E-state index is -2.73. The van der Waals surface area contributed by atoms with E-state index < -0.39 is 18.0 Å². The van der Waals surface area contributed by atoms with Crippen molar-refractivity contribution in [1.29, 1.82) is 0 Å². The molecule has 32 heavy (non-hydrogen) atoms. The van der Waals surface area contributed by atoms with Crippen LogP contribution in [0.25, 0.3) is 5.65 Å². The molecule has 5 rings (SSSR count). The lowest BCUT2D eigenvalue weighted by Crippen LogP contribution is -2.26. The number of anilines is 1. The number of carbonyl (C=O) groups is 1. The van der Waals surface area contributed by atoms with Crippen LogP contribution in [0.3, 0.4) is 0 Å². The second-order valence-corrected chi connectivity index (χ2v) is 8.62. The highest BCUT2D eigenvalue weighted by atomic mass is 19.3. The lowest BCUT2D eigenvalue weighted by atomic mass is 9.84. The van der Waals surface area contributed by atoms with E-state index in [1.54, 1.807) is 10.6 Å². The van der Waals surface area contributed by atoms with Gasteiger partial charge in [-0.2, -0.15) is 0 Å². The van der Waals surface area contributed by atoms with Crippen LogP contribution in [0, 0.1) is 0 Å². The van der Waals surface area contributed by atoms with Crippen molar-refractivity contribution < 1.29 is 23.0 Å². The molecule has 8 nitrogen and oxygen atoms in total. The standard InChI is InChI=1S/C22H23F2N5O3/c1-3-31-20-18-27-15(22-8-7-21(2,11-22)32-12-22)10-29(18)9-14(26-20)19(30)28-16-6-4-5-13(25-16)17(23)24/h4-6,9-10,17H,3,7-8,11-12H2,1-2H3,(H,25,28,30)/t21-,22-/m1/s1. The number of pyridine rings is 1. The smallest absolute Gasteiger partial charge is 0.280 e. The minimum absolute atomic E-state index is 0.0196. The van der Waals surface area contributed by atoms with E-state index in [1.165, 1.54) is 18.2 Å². The number of rotatable bonds is 6. The van der Waals surface area contributed by atoms with Crippen LogP contribution in [0.15, 0.2) is 30.6 Å². The highest BCUT2D eigenvalue weighted by Crippen LogP contribution is 2.53. The number of hydrogen-bond donors (Lipinski definition) is 1. The van der Waals surface area contributed by atoms with Gasteiger partial charge in [-0.3, -0.25) is 9.20 Å². The molecule has 0 aromatic carbocycles. The van der Waals surface area contributed by atoms with Crippen LogP contribution in [0.1, 0.15) is 61.4 Å². The van der Waals surface area contributed by atoms with Crippen molar-refractivity contribution in [3.05, 3.63) is 47.7 Å². The largest absolute Gasteiger partial charge is 0.475 e. The topological polar surface area (TPSA) is 90.6 Å². The van der Waals surface area contributed by atoms with Crippen molar-refractivity contribution in [2.24, 2.45) is 0 Å². The SMILES string of the molecule is CCOc1nc(C(=O)Nc2cccc(C(F)F)n2)cn2cc([C@]34CC[C@](C)(C3)OC4)nc12. The van der Waals surface area contributed by atoms with E-state index in [2.05, 4.69) is 22.2 Å². The zero-order chi connectivity index (χ0) is 22.5. The van der Waals surface area contributed by atoms with Crippen molar-refractivity contribution in [2.75, 3.05) is 18.5 Å². The average molecular weight is 443 g/mol. The second-order valence-electron chi connectivity index (χ2n) is 8.62. The molecule has 1 aliphatic heterocycles. The van der Waals surface area contributed by atoms with Gasteiger partial charge in [0.25, 0.3) is 18.2 Å². The van der Waals surface area contributed by atoms with E-state index in [0.29, 0.717) is 18.9 Å². The summed E-state index contributed by atoms with van der Waals surface area (Å²) in [4.78, 5) is 25.7. The summed E-state index contributed by atoms with van der Waals surface area (Å²) in [5.74, 6) is -0.333. The minimum Gasteiger partial charge on any atom is -0.475 e. The molecular weight excluding hydrogens is 420 g/mol. The first-order chi connectivity index (χ1) is 15.3. The van der Waals surface area contributed by atoms with Gasteiger partial charge in [-0.1, -0.05) is 6.07 Å². The van der Waals surface area contributed by atoms with Crippen LogP contribution in [0.5, 0.6) is 5.88 Å². The normalized spacial score (nSPS) is 24.4. The number of carbonyl (C=O) groups excluding carboxylic acids is 1. The Morgan fingerprint density at radius 3 is 2.78 bits per heavy atom. The van der Waals surface area contributed by atoms with Gasteiger partial charge in [0.05, 0.1) is 24.5 Å². The van der Waals surface area contributed by atoms with Crippen LogP contribution < -0.4 is 10.1 Å². The molecular formula is C22H23F2N5O3. The number of nitrogens with zero attached hydrogens (tertiary/aromatic N) is 4. The molecule has 1 amide bonds. The molecule has 1 aliphatic carbocycles.